The van der Waals surface area contributed by atoms with Crippen molar-refractivity contribution in [3.05, 3.63) is 89.2 Å². The molecule has 1 N–H and O–H groups in total. The molecule has 1 atom stereocenters. The highest BCUT2D eigenvalue weighted by Crippen LogP contribution is 2.23. The summed E-state index contributed by atoms with van der Waals surface area (Å²) in [4.78, 5) is 21.3. The van der Waals surface area contributed by atoms with Crippen molar-refractivity contribution in [2.45, 2.75) is 32.4 Å². The molecule has 2 aromatic carbocycles. The predicted octanol–water partition coefficient (Wildman–Crippen LogP) is 5.08. The fraction of sp³-hybridized carbons (Fsp3) is 0.208. The Morgan fingerprint density at radius 3 is 2.80 bits per heavy atom. The zero-order valence-corrected chi connectivity index (χ0v) is 17.6. The van der Waals surface area contributed by atoms with E-state index in [-0.39, 0.29) is 11.9 Å². The first-order valence-electron chi connectivity index (χ1n) is 9.94. The maximum absolute atomic E-state index is 12.4. The molecule has 2 heterocycles. The van der Waals surface area contributed by atoms with E-state index in [0.717, 1.165) is 32.2 Å². The van der Waals surface area contributed by atoms with E-state index in [4.69, 9.17) is 4.74 Å². The van der Waals surface area contributed by atoms with Gasteiger partial charge < -0.3 is 10.1 Å². The number of hydrogen-bond donors (Lipinski definition) is 1. The van der Waals surface area contributed by atoms with E-state index in [9.17, 15) is 4.79 Å². The molecule has 6 heteroatoms. The molecule has 1 unspecified atom stereocenters. The molecule has 0 aliphatic heterocycles. The van der Waals surface area contributed by atoms with Crippen LogP contribution in [0.15, 0.2) is 72.9 Å². The lowest BCUT2D eigenvalue weighted by Gasteiger charge is -2.15. The summed E-state index contributed by atoms with van der Waals surface area (Å²) in [7, 11) is 0. The lowest BCUT2D eigenvalue weighted by atomic mass is 10.1. The number of para-hydroxylation sites is 1. The smallest absolute Gasteiger partial charge is 0.220 e. The van der Waals surface area contributed by atoms with Crippen LogP contribution in [0.4, 0.5) is 0 Å². The Balaban J connectivity index is 1.30. The molecule has 30 heavy (non-hydrogen) atoms. The minimum atomic E-state index is -0.105. The molecule has 1 amide bonds. The van der Waals surface area contributed by atoms with Gasteiger partial charge in [-0.2, -0.15) is 0 Å². The summed E-state index contributed by atoms with van der Waals surface area (Å²) in [6.07, 6.45) is 2.81. The summed E-state index contributed by atoms with van der Waals surface area (Å²) in [5.74, 6) is 0.773. The molecule has 0 spiro atoms. The van der Waals surface area contributed by atoms with Gasteiger partial charge in [-0.05, 0) is 48.9 Å². The van der Waals surface area contributed by atoms with Gasteiger partial charge in [0, 0.05) is 19.0 Å². The van der Waals surface area contributed by atoms with Crippen LogP contribution in [0.5, 0.6) is 5.75 Å². The van der Waals surface area contributed by atoms with Gasteiger partial charge in [0.2, 0.25) is 5.91 Å². The number of carbonyl (C=O) groups excluding carboxylic acids is 1. The molecule has 2 aromatic heterocycles. The lowest BCUT2D eigenvalue weighted by Crippen LogP contribution is -2.26. The van der Waals surface area contributed by atoms with E-state index in [1.54, 1.807) is 17.5 Å². The molecule has 0 radical (unpaired) electrons. The van der Waals surface area contributed by atoms with Crippen LogP contribution in [0.2, 0.25) is 0 Å². The molecule has 0 saturated heterocycles. The number of amides is 1. The Hall–Kier alpha value is -3.25. The second-order valence-electron chi connectivity index (χ2n) is 7.05. The summed E-state index contributed by atoms with van der Waals surface area (Å²) in [6.45, 7) is 2.39. The molecule has 0 fully saturated rings. The van der Waals surface area contributed by atoms with Gasteiger partial charge in [0.05, 0.1) is 27.0 Å². The minimum Gasteiger partial charge on any atom is -0.487 e. The van der Waals surface area contributed by atoms with Crippen LogP contribution in [0.1, 0.15) is 35.7 Å². The molecule has 0 aliphatic rings. The fourth-order valence-electron chi connectivity index (χ4n) is 3.16. The molecule has 5 nitrogen and oxygen atoms in total. The number of thiazole rings is 1. The van der Waals surface area contributed by atoms with Crippen LogP contribution in [-0.2, 0) is 17.8 Å². The molecule has 0 saturated carbocycles. The number of benzene rings is 2. The summed E-state index contributed by atoms with van der Waals surface area (Å²) in [6, 6.07) is 21.5. The van der Waals surface area contributed by atoms with Gasteiger partial charge in [-0.25, -0.2) is 4.98 Å². The maximum atomic E-state index is 12.4. The standard InChI is InChI=1S/C24H23N3O2S/c1-17(18-7-6-9-20(15-18)29-16-19-8-4-5-14-25-19)26-23(28)12-13-24-27-21-10-2-3-11-22(21)30-24/h2-11,14-15,17H,12-13,16H2,1H3,(H,26,28). The second-order valence-corrected chi connectivity index (χ2v) is 8.16. The average molecular weight is 418 g/mol. The third-order valence-electron chi connectivity index (χ3n) is 4.75. The van der Waals surface area contributed by atoms with Gasteiger partial charge in [-0.3, -0.25) is 9.78 Å². The third-order valence-corrected chi connectivity index (χ3v) is 5.85. The zero-order valence-electron chi connectivity index (χ0n) is 16.7. The highest BCUT2D eigenvalue weighted by Gasteiger charge is 2.12. The zero-order chi connectivity index (χ0) is 20.8. The second kappa shape index (κ2) is 9.50. The van der Waals surface area contributed by atoms with E-state index < -0.39 is 0 Å². The number of aryl methyl sites for hydroxylation is 1. The van der Waals surface area contributed by atoms with Crippen molar-refractivity contribution in [2.75, 3.05) is 0 Å². The van der Waals surface area contributed by atoms with Crippen molar-refractivity contribution in [1.82, 2.24) is 15.3 Å². The Bertz CT molecular complexity index is 1090. The summed E-state index contributed by atoms with van der Waals surface area (Å²) >= 11 is 1.65. The van der Waals surface area contributed by atoms with Crippen molar-refractivity contribution in [3.8, 4) is 5.75 Å². The fourth-order valence-corrected chi connectivity index (χ4v) is 4.13. The van der Waals surface area contributed by atoms with Crippen molar-refractivity contribution < 1.29 is 9.53 Å². The number of ether oxygens (including phenoxy) is 1. The normalized spacial score (nSPS) is 11.9. The number of carbonyl (C=O) groups is 1. The van der Waals surface area contributed by atoms with Crippen LogP contribution in [0.3, 0.4) is 0 Å². The average Bonchev–Trinajstić information content (AvgIpc) is 3.20. The summed E-state index contributed by atoms with van der Waals surface area (Å²) in [5.41, 5.74) is 2.87. The number of rotatable bonds is 8. The van der Waals surface area contributed by atoms with Crippen LogP contribution >= 0.6 is 11.3 Å². The minimum absolute atomic E-state index is 0.0153. The van der Waals surface area contributed by atoms with E-state index in [2.05, 4.69) is 21.4 Å². The van der Waals surface area contributed by atoms with Gasteiger partial charge in [-0.1, -0.05) is 30.3 Å². The van der Waals surface area contributed by atoms with Crippen LogP contribution in [0, 0.1) is 0 Å². The Morgan fingerprint density at radius 1 is 1.10 bits per heavy atom. The number of aromatic nitrogens is 2. The number of fused-ring (bicyclic) bond motifs is 1. The number of hydrogen-bond acceptors (Lipinski definition) is 5. The lowest BCUT2D eigenvalue weighted by molar-refractivity contribution is -0.121. The van der Waals surface area contributed by atoms with E-state index in [1.807, 2.05) is 67.6 Å². The molecule has 4 aromatic rings. The first-order valence-corrected chi connectivity index (χ1v) is 10.8. The van der Waals surface area contributed by atoms with Crippen LogP contribution < -0.4 is 10.1 Å². The molecular formula is C24H23N3O2S. The number of nitrogens with one attached hydrogen (secondary N) is 1. The van der Waals surface area contributed by atoms with E-state index in [1.165, 1.54) is 0 Å². The van der Waals surface area contributed by atoms with Gasteiger partial charge in [0.1, 0.15) is 12.4 Å². The topological polar surface area (TPSA) is 64.1 Å². The van der Waals surface area contributed by atoms with Gasteiger partial charge in [0.15, 0.2) is 0 Å². The molecular weight excluding hydrogens is 394 g/mol. The molecule has 0 aliphatic carbocycles. The highest BCUT2D eigenvalue weighted by molar-refractivity contribution is 7.18. The molecule has 0 bridgehead atoms. The van der Waals surface area contributed by atoms with Gasteiger partial charge >= 0.3 is 0 Å². The van der Waals surface area contributed by atoms with Crippen molar-refractivity contribution in [2.24, 2.45) is 0 Å². The Labute approximate surface area is 179 Å². The quantitative estimate of drug-likeness (QED) is 0.434. The maximum Gasteiger partial charge on any atom is 0.220 e. The summed E-state index contributed by atoms with van der Waals surface area (Å²) in [5, 5.41) is 4.06. The van der Waals surface area contributed by atoms with Crippen LogP contribution in [0.25, 0.3) is 10.2 Å². The first-order chi connectivity index (χ1) is 14.7. The Kier molecular flexibility index (Phi) is 6.35. The van der Waals surface area contributed by atoms with Crippen molar-refractivity contribution in [1.29, 1.82) is 0 Å². The molecule has 152 valence electrons. The van der Waals surface area contributed by atoms with Crippen LogP contribution in [-0.4, -0.2) is 15.9 Å². The van der Waals surface area contributed by atoms with Crippen molar-refractivity contribution >= 4 is 27.5 Å². The largest absolute Gasteiger partial charge is 0.487 e. The monoisotopic (exact) mass is 417 g/mol. The Morgan fingerprint density at radius 2 is 1.97 bits per heavy atom. The summed E-state index contributed by atoms with van der Waals surface area (Å²) < 4.78 is 7.00. The molecule has 4 rings (SSSR count). The predicted molar refractivity (Wildman–Crippen MR) is 120 cm³/mol. The first kappa shape index (κ1) is 20.0. The third kappa shape index (κ3) is 5.21. The highest BCUT2D eigenvalue weighted by atomic mass is 32.1. The van der Waals surface area contributed by atoms with E-state index >= 15 is 0 Å². The van der Waals surface area contributed by atoms with E-state index in [0.29, 0.717) is 19.4 Å². The van der Waals surface area contributed by atoms with Gasteiger partial charge in [-0.15, -0.1) is 11.3 Å². The number of nitrogens with zero attached hydrogens (tertiary/aromatic N) is 2. The number of pyridine rings is 1. The van der Waals surface area contributed by atoms with Gasteiger partial charge in [0.25, 0.3) is 0 Å². The SMILES string of the molecule is CC(NC(=O)CCc1nc2ccccc2s1)c1cccc(OCc2ccccn2)c1. The van der Waals surface area contributed by atoms with Crippen molar-refractivity contribution in [3.63, 3.8) is 0 Å².